The third kappa shape index (κ3) is 1.95. The Morgan fingerprint density at radius 3 is 2.63 bits per heavy atom. The van der Waals surface area contributed by atoms with Gasteiger partial charge in [-0.3, -0.25) is 4.79 Å². The SMILES string of the molecule is CC1C(=O)Oc2c(Oc3ccccc3F)cccc21. The molecule has 0 fully saturated rings. The van der Waals surface area contributed by atoms with E-state index in [0.29, 0.717) is 11.5 Å². The number of carbonyl (C=O) groups excluding carboxylic acids is 1. The van der Waals surface area contributed by atoms with Gasteiger partial charge in [-0.2, -0.15) is 0 Å². The number of benzene rings is 2. The van der Waals surface area contributed by atoms with E-state index in [0.717, 1.165) is 5.56 Å². The Hall–Kier alpha value is -2.36. The van der Waals surface area contributed by atoms with E-state index in [9.17, 15) is 9.18 Å². The van der Waals surface area contributed by atoms with Crippen molar-refractivity contribution in [3.63, 3.8) is 0 Å². The number of hydrogen-bond acceptors (Lipinski definition) is 3. The summed E-state index contributed by atoms with van der Waals surface area (Å²) in [6, 6.07) is 11.3. The third-order valence-electron chi connectivity index (χ3n) is 3.09. The predicted molar refractivity (Wildman–Crippen MR) is 67.0 cm³/mol. The van der Waals surface area contributed by atoms with E-state index in [4.69, 9.17) is 9.47 Å². The number of halogens is 1. The molecule has 1 aliphatic rings. The highest BCUT2D eigenvalue weighted by Crippen LogP contribution is 2.43. The number of fused-ring (bicyclic) bond motifs is 1. The Bertz CT molecular complexity index is 652. The van der Waals surface area contributed by atoms with Crippen LogP contribution in [0.1, 0.15) is 18.4 Å². The second-order valence-corrected chi connectivity index (χ2v) is 4.35. The minimum atomic E-state index is -0.461. The molecule has 3 rings (SSSR count). The Balaban J connectivity index is 2.00. The van der Waals surface area contributed by atoms with E-state index in [-0.39, 0.29) is 17.6 Å². The Kier molecular flexibility index (Phi) is 2.71. The lowest BCUT2D eigenvalue weighted by Crippen LogP contribution is -2.05. The first-order chi connectivity index (χ1) is 9.16. The van der Waals surface area contributed by atoms with Crippen LogP contribution in [0.15, 0.2) is 42.5 Å². The van der Waals surface area contributed by atoms with E-state index >= 15 is 0 Å². The summed E-state index contributed by atoms with van der Waals surface area (Å²) in [5.41, 5.74) is 0.763. The van der Waals surface area contributed by atoms with E-state index in [1.165, 1.54) is 12.1 Å². The molecule has 0 N–H and O–H groups in total. The maximum Gasteiger partial charge on any atom is 0.318 e. The fraction of sp³-hybridized carbons (Fsp3) is 0.133. The molecule has 0 saturated carbocycles. The fourth-order valence-electron chi connectivity index (χ4n) is 2.03. The van der Waals surface area contributed by atoms with Gasteiger partial charge in [0.15, 0.2) is 23.1 Å². The highest BCUT2D eigenvalue weighted by atomic mass is 19.1. The van der Waals surface area contributed by atoms with E-state index in [2.05, 4.69) is 0 Å². The molecule has 19 heavy (non-hydrogen) atoms. The summed E-state index contributed by atoms with van der Waals surface area (Å²) in [6.07, 6.45) is 0. The van der Waals surface area contributed by atoms with E-state index in [1.807, 2.05) is 0 Å². The fourth-order valence-corrected chi connectivity index (χ4v) is 2.03. The number of para-hydroxylation sites is 2. The molecule has 0 aromatic heterocycles. The molecule has 0 radical (unpaired) electrons. The van der Waals surface area contributed by atoms with Crippen LogP contribution in [-0.4, -0.2) is 5.97 Å². The summed E-state index contributed by atoms with van der Waals surface area (Å²) < 4.78 is 24.2. The van der Waals surface area contributed by atoms with Gasteiger partial charge < -0.3 is 9.47 Å². The van der Waals surface area contributed by atoms with Gasteiger partial charge in [-0.15, -0.1) is 0 Å². The lowest BCUT2D eigenvalue weighted by Gasteiger charge is -2.09. The molecule has 1 aliphatic heterocycles. The van der Waals surface area contributed by atoms with Crippen molar-refractivity contribution in [1.82, 2.24) is 0 Å². The summed E-state index contributed by atoms with van der Waals surface area (Å²) in [7, 11) is 0. The minimum absolute atomic E-state index is 0.103. The van der Waals surface area contributed by atoms with Gasteiger partial charge in [0.05, 0.1) is 5.92 Å². The number of esters is 1. The molecule has 4 heteroatoms. The number of rotatable bonds is 2. The van der Waals surface area contributed by atoms with Crippen molar-refractivity contribution in [2.45, 2.75) is 12.8 Å². The normalized spacial score (nSPS) is 16.9. The van der Waals surface area contributed by atoms with Crippen molar-refractivity contribution in [1.29, 1.82) is 0 Å². The second kappa shape index (κ2) is 4.39. The molecule has 3 nitrogen and oxygen atoms in total. The molecule has 96 valence electrons. The zero-order valence-corrected chi connectivity index (χ0v) is 10.2. The zero-order chi connectivity index (χ0) is 13.4. The van der Waals surface area contributed by atoms with Crippen molar-refractivity contribution >= 4 is 5.97 Å². The van der Waals surface area contributed by atoms with Crippen LogP contribution in [0, 0.1) is 5.82 Å². The quantitative estimate of drug-likeness (QED) is 0.609. The first-order valence-corrected chi connectivity index (χ1v) is 5.94. The van der Waals surface area contributed by atoms with Gasteiger partial charge in [0.25, 0.3) is 0 Å². The molecule has 0 spiro atoms. The third-order valence-corrected chi connectivity index (χ3v) is 3.09. The van der Waals surface area contributed by atoms with Crippen LogP contribution in [0.2, 0.25) is 0 Å². The first-order valence-electron chi connectivity index (χ1n) is 5.94. The summed E-state index contributed by atoms with van der Waals surface area (Å²) in [6.45, 7) is 1.76. The highest BCUT2D eigenvalue weighted by molar-refractivity contribution is 5.87. The monoisotopic (exact) mass is 258 g/mol. The maximum atomic E-state index is 13.5. The van der Waals surface area contributed by atoms with Crippen molar-refractivity contribution in [3.05, 3.63) is 53.8 Å². The molecule has 0 amide bonds. The Labute approximate surface area is 109 Å². The molecule has 0 saturated heterocycles. The molecule has 0 bridgehead atoms. The summed E-state index contributed by atoms with van der Waals surface area (Å²) in [4.78, 5) is 11.6. The number of carbonyl (C=O) groups is 1. The van der Waals surface area contributed by atoms with Crippen LogP contribution in [-0.2, 0) is 4.79 Å². The molecule has 2 aromatic rings. The van der Waals surface area contributed by atoms with Gasteiger partial charge in [-0.05, 0) is 25.1 Å². The molecule has 1 heterocycles. The Morgan fingerprint density at radius 1 is 1.11 bits per heavy atom. The highest BCUT2D eigenvalue weighted by Gasteiger charge is 2.32. The van der Waals surface area contributed by atoms with Gasteiger partial charge in [0, 0.05) is 5.56 Å². The van der Waals surface area contributed by atoms with E-state index in [1.54, 1.807) is 37.3 Å². The van der Waals surface area contributed by atoms with Crippen LogP contribution < -0.4 is 9.47 Å². The van der Waals surface area contributed by atoms with Crippen LogP contribution in [0.5, 0.6) is 17.2 Å². The lowest BCUT2D eigenvalue weighted by atomic mass is 10.0. The topological polar surface area (TPSA) is 35.5 Å². The Morgan fingerprint density at radius 2 is 1.84 bits per heavy atom. The first kappa shape index (κ1) is 11.7. The van der Waals surface area contributed by atoms with Crippen molar-refractivity contribution < 1.29 is 18.7 Å². The average molecular weight is 258 g/mol. The van der Waals surface area contributed by atoms with Crippen LogP contribution in [0.25, 0.3) is 0 Å². The van der Waals surface area contributed by atoms with Gasteiger partial charge in [-0.25, -0.2) is 4.39 Å². The minimum Gasteiger partial charge on any atom is -0.450 e. The van der Waals surface area contributed by atoms with Crippen LogP contribution >= 0.6 is 0 Å². The van der Waals surface area contributed by atoms with Gasteiger partial charge in [-0.1, -0.05) is 24.3 Å². The largest absolute Gasteiger partial charge is 0.450 e. The van der Waals surface area contributed by atoms with Gasteiger partial charge in [0.1, 0.15) is 0 Å². The second-order valence-electron chi connectivity index (χ2n) is 4.35. The summed E-state index contributed by atoms with van der Waals surface area (Å²) >= 11 is 0. The zero-order valence-electron chi connectivity index (χ0n) is 10.2. The summed E-state index contributed by atoms with van der Waals surface area (Å²) in [5, 5.41) is 0. The van der Waals surface area contributed by atoms with Crippen molar-refractivity contribution in [2.24, 2.45) is 0 Å². The van der Waals surface area contributed by atoms with Crippen molar-refractivity contribution in [2.75, 3.05) is 0 Å². The van der Waals surface area contributed by atoms with E-state index < -0.39 is 5.82 Å². The molecular weight excluding hydrogens is 247 g/mol. The smallest absolute Gasteiger partial charge is 0.318 e. The molecule has 2 aromatic carbocycles. The molecule has 1 atom stereocenters. The van der Waals surface area contributed by atoms with Gasteiger partial charge >= 0.3 is 5.97 Å². The molecule has 1 unspecified atom stereocenters. The average Bonchev–Trinajstić information content (AvgIpc) is 2.70. The van der Waals surface area contributed by atoms with Crippen molar-refractivity contribution in [3.8, 4) is 17.2 Å². The summed E-state index contributed by atoms with van der Waals surface area (Å²) in [5.74, 6) is -0.272. The lowest BCUT2D eigenvalue weighted by molar-refractivity contribution is -0.133. The number of hydrogen-bond donors (Lipinski definition) is 0. The standard InChI is InChI=1S/C15H11FO3/c1-9-10-5-4-8-13(14(10)19-15(9)17)18-12-7-3-2-6-11(12)16/h2-9H,1H3. The van der Waals surface area contributed by atoms with Gasteiger partial charge in [0.2, 0.25) is 0 Å². The number of ether oxygens (including phenoxy) is 2. The molecule has 0 aliphatic carbocycles. The van der Waals surface area contributed by atoms with Crippen LogP contribution in [0.3, 0.4) is 0 Å². The predicted octanol–water partition coefficient (Wildman–Crippen LogP) is 3.64. The maximum absolute atomic E-state index is 13.5. The van der Waals surface area contributed by atoms with Crippen LogP contribution in [0.4, 0.5) is 4.39 Å². The molecular formula is C15H11FO3.